The van der Waals surface area contributed by atoms with Gasteiger partial charge in [-0.05, 0) is 52.7 Å². The topological polar surface area (TPSA) is 43.6 Å². The van der Waals surface area contributed by atoms with Crippen LogP contribution in [0.1, 0.15) is 30.7 Å². The summed E-state index contributed by atoms with van der Waals surface area (Å²) in [5.41, 5.74) is 1.14. The Balaban J connectivity index is 1.71. The number of furan rings is 1. The van der Waals surface area contributed by atoms with Crippen molar-refractivity contribution in [2.45, 2.75) is 25.9 Å². The fraction of sp³-hybridized carbons (Fsp3) is 0.375. The predicted octanol–water partition coefficient (Wildman–Crippen LogP) is 4.05. The summed E-state index contributed by atoms with van der Waals surface area (Å²) in [6.45, 7) is 4.20. The van der Waals surface area contributed by atoms with Crippen LogP contribution in [0.4, 0.5) is 0 Å². The van der Waals surface area contributed by atoms with Gasteiger partial charge in [0.15, 0.2) is 11.5 Å². The van der Waals surface area contributed by atoms with E-state index in [0.717, 1.165) is 40.3 Å². The maximum absolute atomic E-state index is 5.75. The number of nitrogens with one attached hydrogen (secondary N) is 1. The Hall–Kier alpha value is -1.46. The molecule has 0 saturated carbocycles. The summed E-state index contributed by atoms with van der Waals surface area (Å²) < 4.78 is 17.8. The van der Waals surface area contributed by atoms with Crippen molar-refractivity contribution in [1.82, 2.24) is 5.32 Å². The summed E-state index contributed by atoms with van der Waals surface area (Å²) in [6, 6.07) is 8.14. The fourth-order valence-corrected chi connectivity index (χ4v) is 2.90. The van der Waals surface area contributed by atoms with Gasteiger partial charge in [-0.2, -0.15) is 0 Å². The van der Waals surface area contributed by atoms with Gasteiger partial charge < -0.3 is 19.2 Å². The van der Waals surface area contributed by atoms with Crippen LogP contribution in [0, 0.1) is 0 Å². The van der Waals surface area contributed by atoms with E-state index in [9.17, 15) is 0 Å². The van der Waals surface area contributed by atoms with Crippen LogP contribution in [0.15, 0.2) is 39.4 Å². The van der Waals surface area contributed by atoms with Gasteiger partial charge in [0.05, 0.1) is 30.0 Å². The summed E-state index contributed by atoms with van der Waals surface area (Å²) in [7, 11) is 0. The molecule has 1 aliphatic heterocycles. The second-order valence-electron chi connectivity index (χ2n) is 5.07. The van der Waals surface area contributed by atoms with Gasteiger partial charge in [-0.1, -0.05) is 0 Å². The van der Waals surface area contributed by atoms with Crippen LogP contribution >= 0.6 is 15.9 Å². The Labute approximate surface area is 132 Å². The number of hydrogen-bond donors (Lipinski definition) is 1. The van der Waals surface area contributed by atoms with Crippen LogP contribution in [0.2, 0.25) is 0 Å². The standard InChI is InChI=1S/C16H18BrNO3/c1-11(14-4-2-5-19-14)18-10-12-8-13(17)16-15(9-12)20-6-3-7-21-16/h2,4-5,8-9,11,18H,3,6-7,10H2,1H3/t11-/m1/s1. The molecule has 0 bridgehead atoms. The molecule has 1 aliphatic rings. The summed E-state index contributed by atoms with van der Waals surface area (Å²) in [4.78, 5) is 0. The van der Waals surface area contributed by atoms with Gasteiger partial charge in [-0.25, -0.2) is 0 Å². The van der Waals surface area contributed by atoms with Crippen molar-refractivity contribution < 1.29 is 13.9 Å². The highest BCUT2D eigenvalue weighted by atomic mass is 79.9. The van der Waals surface area contributed by atoms with Crippen molar-refractivity contribution in [3.8, 4) is 11.5 Å². The average molecular weight is 352 g/mol. The number of rotatable bonds is 4. The minimum Gasteiger partial charge on any atom is -0.490 e. The van der Waals surface area contributed by atoms with Crippen molar-refractivity contribution in [3.05, 3.63) is 46.3 Å². The molecule has 0 unspecified atom stereocenters. The lowest BCUT2D eigenvalue weighted by molar-refractivity contribution is 0.296. The van der Waals surface area contributed by atoms with Crippen LogP contribution in [0.25, 0.3) is 0 Å². The van der Waals surface area contributed by atoms with Gasteiger partial charge in [-0.15, -0.1) is 0 Å². The van der Waals surface area contributed by atoms with E-state index in [-0.39, 0.29) is 6.04 Å². The van der Waals surface area contributed by atoms with Crippen LogP contribution in [-0.2, 0) is 6.54 Å². The van der Waals surface area contributed by atoms with Crippen LogP contribution in [-0.4, -0.2) is 13.2 Å². The van der Waals surface area contributed by atoms with Crippen LogP contribution < -0.4 is 14.8 Å². The van der Waals surface area contributed by atoms with E-state index in [1.807, 2.05) is 18.2 Å². The maximum atomic E-state index is 5.75. The molecule has 1 atom stereocenters. The van der Waals surface area contributed by atoms with Crippen molar-refractivity contribution in [3.63, 3.8) is 0 Å². The van der Waals surface area contributed by atoms with Crippen molar-refractivity contribution >= 4 is 15.9 Å². The Morgan fingerprint density at radius 3 is 2.95 bits per heavy atom. The smallest absolute Gasteiger partial charge is 0.175 e. The largest absolute Gasteiger partial charge is 0.490 e. The number of hydrogen-bond acceptors (Lipinski definition) is 4. The minimum absolute atomic E-state index is 0.162. The Bertz CT molecular complexity index is 598. The molecule has 0 amide bonds. The minimum atomic E-state index is 0.162. The Morgan fingerprint density at radius 1 is 1.29 bits per heavy atom. The molecule has 4 nitrogen and oxygen atoms in total. The van der Waals surface area contributed by atoms with Gasteiger partial charge in [0.1, 0.15) is 5.76 Å². The predicted molar refractivity (Wildman–Crippen MR) is 83.7 cm³/mol. The third-order valence-corrected chi connectivity index (χ3v) is 4.03. The highest BCUT2D eigenvalue weighted by Crippen LogP contribution is 2.38. The first-order chi connectivity index (χ1) is 10.2. The van der Waals surface area contributed by atoms with Crippen molar-refractivity contribution in [2.24, 2.45) is 0 Å². The zero-order valence-electron chi connectivity index (χ0n) is 11.9. The highest BCUT2D eigenvalue weighted by Gasteiger charge is 2.16. The van der Waals surface area contributed by atoms with Gasteiger partial charge in [0, 0.05) is 13.0 Å². The van der Waals surface area contributed by atoms with E-state index in [4.69, 9.17) is 13.9 Å². The van der Waals surface area contributed by atoms with Gasteiger partial charge in [-0.3, -0.25) is 0 Å². The lowest BCUT2D eigenvalue weighted by Gasteiger charge is -2.14. The first-order valence-electron chi connectivity index (χ1n) is 7.09. The molecule has 0 radical (unpaired) electrons. The second kappa shape index (κ2) is 6.54. The quantitative estimate of drug-likeness (QED) is 0.902. The van der Waals surface area contributed by atoms with Gasteiger partial charge >= 0.3 is 0 Å². The summed E-state index contributed by atoms with van der Waals surface area (Å²) >= 11 is 3.56. The molecular weight excluding hydrogens is 334 g/mol. The lowest BCUT2D eigenvalue weighted by Crippen LogP contribution is -2.17. The molecule has 0 aliphatic carbocycles. The lowest BCUT2D eigenvalue weighted by atomic mass is 10.1. The molecule has 0 saturated heterocycles. The van der Waals surface area contributed by atoms with Gasteiger partial charge in [0.2, 0.25) is 0 Å². The first kappa shape index (κ1) is 14.5. The Kier molecular flexibility index (Phi) is 4.51. The van der Waals surface area contributed by atoms with E-state index < -0.39 is 0 Å². The van der Waals surface area contributed by atoms with E-state index in [1.165, 1.54) is 0 Å². The number of fused-ring (bicyclic) bond motifs is 1. The van der Waals surface area contributed by atoms with Crippen LogP contribution in [0.5, 0.6) is 11.5 Å². The van der Waals surface area contributed by atoms with E-state index in [2.05, 4.69) is 34.2 Å². The summed E-state index contributed by atoms with van der Waals surface area (Å²) in [5.74, 6) is 2.54. The molecule has 5 heteroatoms. The van der Waals surface area contributed by atoms with Crippen molar-refractivity contribution in [2.75, 3.05) is 13.2 Å². The molecule has 0 spiro atoms. The summed E-state index contributed by atoms with van der Waals surface area (Å²) in [5, 5.41) is 3.44. The molecule has 1 aromatic carbocycles. The number of benzene rings is 1. The van der Waals surface area contributed by atoms with E-state index in [0.29, 0.717) is 13.2 Å². The number of halogens is 1. The molecule has 112 valence electrons. The molecule has 1 aromatic heterocycles. The molecule has 3 rings (SSSR count). The zero-order valence-corrected chi connectivity index (χ0v) is 13.5. The average Bonchev–Trinajstić information content (AvgIpc) is 2.91. The van der Waals surface area contributed by atoms with E-state index >= 15 is 0 Å². The van der Waals surface area contributed by atoms with Crippen molar-refractivity contribution in [1.29, 1.82) is 0 Å². The molecule has 0 fully saturated rings. The van der Waals surface area contributed by atoms with Gasteiger partial charge in [0.25, 0.3) is 0 Å². The normalized spacial score (nSPS) is 15.5. The molecule has 2 aromatic rings. The monoisotopic (exact) mass is 351 g/mol. The Morgan fingerprint density at radius 2 is 2.14 bits per heavy atom. The summed E-state index contributed by atoms with van der Waals surface area (Å²) in [6.07, 6.45) is 2.60. The molecular formula is C16H18BrNO3. The number of ether oxygens (including phenoxy) is 2. The van der Waals surface area contributed by atoms with Crippen LogP contribution in [0.3, 0.4) is 0 Å². The first-order valence-corrected chi connectivity index (χ1v) is 7.88. The molecule has 21 heavy (non-hydrogen) atoms. The van der Waals surface area contributed by atoms with E-state index in [1.54, 1.807) is 6.26 Å². The molecule has 1 N–H and O–H groups in total. The zero-order chi connectivity index (χ0) is 14.7. The third-order valence-electron chi connectivity index (χ3n) is 3.44. The highest BCUT2D eigenvalue weighted by molar-refractivity contribution is 9.10. The second-order valence-corrected chi connectivity index (χ2v) is 5.93. The third kappa shape index (κ3) is 3.41. The maximum Gasteiger partial charge on any atom is 0.175 e. The fourth-order valence-electron chi connectivity index (χ4n) is 2.30. The molecule has 2 heterocycles. The SMILES string of the molecule is C[C@@H](NCc1cc(Br)c2c(c1)OCCCO2)c1ccco1.